The quantitative estimate of drug-likeness (QED) is 0.900. The number of nitrogens with zero attached hydrogens (tertiary/aromatic N) is 3. The summed E-state index contributed by atoms with van der Waals surface area (Å²) in [6, 6.07) is 3.64. The van der Waals surface area contributed by atoms with Crippen molar-refractivity contribution in [3.05, 3.63) is 35.4 Å². The van der Waals surface area contributed by atoms with Crippen molar-refractivity contribution >= 4 is 17.5 Å². The van der Waals surface area contributed by atoms with E-state index in [9.17, 15) is 4.79 Å². The topological polar surface area (TPSA) is 78.3 Å². The highest BCUT2D eigenvalue weighted by Crippen LogP contribution is 2.37. The van der Waals surface area contributed by atoms with Crippen LogP contribution in [0.2, 0.25) is 5.02 Å². The number of carbonyl (C=O) groups excluding carboxylic acids is 1. The van der Waals surface area contributed by atoms with Crippen LogP contribution in [0.1, 0.15) is 18.4 Å². The minimum atomic E-state index is -0.0660. The predicted octanol–water partition coefficient (Wildman–Crippen LogP) is 1.80. The summed E-state index contributed by atoms with van der Waals surface area (Å²) in [4.78, 5) is 15.7. The van der Waals surface area contributed by atoms with E-state index < -0.39 is 0 Å². The average Bonchev–Trinajstić information content (AvgIpc) is 2.95. The zero-order chi connectivity index (χ0) is 16.1. The predicted molar refractivity (Wildman–Crippen MR) is 83.5 cm³/mol. The first-order chi connectivity index (χ1) is 11.2. The van der Waals surface area contributed by atoms with Crippen LogP contribution in [-0.2, 0) is 17.9 Å². The number of hydrogen-bond acceptors (Lipinski definition) is 5. The van der Waals surface area contributed by atoms with Gasteiger partial charge >= 0.3 is 0 Å². The van der Waals surface area contributed by atoms with Crippen molar-refractivity contribution < 1.29 is 14.3 Å². The second kappa shape index (κ2) is 7.32. The van der Waals surface area contributed by atoms with Crippen molar-refractivity contribution in [2.24, 2.45) is 0 Å². The number of halogens is 1. The van der Waals surface area contributed by atoms with E-state index in [0.29, 0.717) is 49.2 Å². The molecule has 1 aliphatic heterocycles. The van der Waals surface area contributed by atoms with E-state index in [-0.39, 0.29) is 5.91 Å². The average molecular weight is 337 g/mol. The van der Waals surface area contributed by atoms with Gasteiger partial charge in [0.05, 0.1) is 24.8 Å². The number of nitrogens with one attached hydrogen (secondary N) is 1. The Balaban J connectivity index is 1.56. The molecule has 0 saturated heterocycles. The fourth-order valence-electron chi connectivity index (χ4n) is 2.24. The fourth-order valence-corrected chi connectivity index (χ4v) is 2.53. The molecule has 0 saturated carbocycles. The molecule has 0 radical (unpaired) electrons. The summed E-state index contributed by atoms with van der Waals surface area (Å²) in [5.74, 6) is 1.14. The van der Waals surface area contributed by atoms with Crippen molar-refractivity contribution in [1.82, 2.24) is 20.1 Å². The van der Waals surface area contributed by atoms with E-state index in [1.807, 2.05) is 6.07 Å². The molecule has 0 fully saturated rings. The minimum Gasteiger partial charge on any atom is -0.489 e. The number of hydrogen-bond donors (Lipinski definition) is 1. The summed E-state index contributed by atoms with van der Waals surface area (Å²) < 4.78 is 12.8. The smallest absolute Gasteiger partial charge is 0.222 e. The molecule has 7 nitrogen and oxygen atoms in total. The summed E-state index contributed by atoms with van der Waals surface area (Å²) in [6.07, 6.45) is 4.18. The minimum absolute atomic E-state index is 0.0660. The maximum Gasteiger partial charge on any atom is 0.222 e. The molecule has 1 aliphatic rings. The van der Waals surface area contributed by atoms with Gasteiger partial charge in [0.15, 0.2) is 11.5 Å². The van der Waals surface area contributed by atoms with E-state index >= 15 is 0 Å². The van der Waals surface area contributed by atoms with Crippen LogP contribution in [-0.4, -0.2) is 33.9 Å². The third-order valence-electron chi connectivity index (χ3n) is 3.39. The molecule has 122 valence electrons. The molecule has 1 amide bonds. The Bertz CT molecular complexity index is 676. The third-order valence-corrected chi connectivity index (χ3v) is 3.67. The normalized spacial score (nSPS) is 13.4. The van der Waals surface area contributed by atoms with E-state index in [2.05, 4.69) is 15.4 Å². The Morgan fingerprint density at radius 1 is 1.35 bits per heavy atom. The highest BCUT2D eigenvalue weighted by molar-refractivity contribution is 6.32. The maximum absolute atomic E-state index is 11.9. The lowest BCUT2D eigenvalue weighted by Gasteiger charge is -2.12. The molecule has 2 heterocycles. The fraction of sp³-hybridized carbons (Fsp3) is 0.400. The lowest BCUT2D eigenvalue weighted by Crippen LogP contribution is -2.24. The van der Waals surface area contributed by atoms with Crippen LogP contribution in [0.25, 0.3) is 0 Å². The van der Waals surface area contributed by atoms with Crippen molar-refractivity contribution in [2.75, 3.05) is 13.2 Å². The van der Waals surface area contributed by atoms with Gasteiger partial charge in [-0.05, 0) is 17.7 Å². The SMILES string of the molecule is O=C(CCn1cncn1)NCc1cc(Cl)c2c(c1)OCCCO2. The van der Waals surface area contributed by atoms with E-state index in [4.69, 9.17) is 21.1 Å². The number of aromatic nitrogens is 3. The van der Waals surface area contributed by atoms with Crippen LogP contribution in [0, 0.1) is 0 Å². The van der Waals surface area contributed by atoms with E-state index in [0.717, 1.165) is 12.0 Å². The molecule has 0 bridgehead atoms. The van der Waals surface area contributed by atoms with Crippen LogP contribution in [0.4, 0.5) is 0 Å². The summed E-state index contributed by atoms with van der Waals surface area (Å²) >= 11 is 6.23. The zero-order valence-corrected chi connectivity index (χ0v) is 13.3. The van der Waals surface area contributed by atoms with Crippen molar-refractivity contribution in [3.8, 4) is 11.5 Å². The van der Waals surface area contributed by atoms with Crippen LogP contribution in [0.5, 0.6) is 11.5 Å². The van der Waals surface area contributed by atoms with Gasteiger partial charge in [-0.1, -0.05) is 11.6 Å². The molecule has 1 aromatic heterocycles. The molecule has 2 aromatic rings. The van der Waals surface area contributed by atoms with Gasteiger partial charge in [0.25, 0.3) is 0 Å². The Labute approximate surface area is 138 Å². The first-order valence-corrected chi connectivity index (χ1v) is 7.77. The summed E-state index contributed by atoms with van der Waals surface area (Å²) in [7, 11) is 0. The van der Waals surface area contributed by atoms with Crippen molar-refractivity contribution in [1.29, 1.82) is 0 Å². The number of amides is 1. The number of rotatable bonds is 5. The lowest BCUT2D eigenvalue weighted by molar-refractivity contribution is -0.121. The molecule has 0 atom stereocenters. The van der Waals surface area contributed by atoms with Crippen LogP contribution in [0.3, 0.4) is 0 Å². The molecular weight excluding hydrogens is 320 g/mol. The molecule has 0 unspecified atom stereocenters. The van der Waals surface area contributed by atoms with Gasteiger partial charge in [0.2, 0.25) is 5.91 Å². The van der Waals surface area contributed by atoms with Gasteiger partial charge in [0, 0.05) is 19.4 Å². The van der Waals surface area contributed by atoms with Gasteiger partial charge in [-0.2, -0.15) is 5.10 Å². The first kappa shape index (κ1) is 15.6. The van der Waals surface area contributed by atoms with Gasteiger partial charge in [0.1, 0.15) is 12.7 Å². The number of carbonyl (C=O) groups is 1. The van der Waals surface area contributed by atoms with Crippen LogP contribution in [0.15, 0.2) is 24.8 Å². The summed E-state index contributed by atoms with van der Waals surface area (Å²) in [5, 5.41) is 7.30. The van der Waals surface area contributed by atoms with Crippen LogP contribution >= 0.6 is 11.6 Å². The third kappa shape index (κ3) is 4.13. The molecule has 23 heavy (non-hydrogen) atoms. The van der Waals surface area contributed by atoms with Gasteiger partial charge in [-0.25, -0.2) is 4.98 Å². The molecule has 3 rings (SSSR count). The molecular formula is C15H17ClN4O3. The number of fused-ring (bicyclic) bond motifs is 1. The summed E-state index contributed by atoms with van der Waals surface area (Å²) in [6.45, 7) is 2.06. The number of ether oxygens (including phenoxy) is 2. The van der Waals surface area contributed by atoms with Crippen LogP contribution < -0.4 is 14.8 Å². The van der Waals surface area contributed by atoms with E-state index in [1.54, 1.807) is 17.1 Å². The van der Waals surface area contributed by atoms with Crippen molar-refractivity contribution in [3.63, 3.8) is 0 Å². The van der Waals surface area contributed by atoms with E-state index in [1.165, 1.54) is 6.33 Å². The number of aryl methyl sites for hydroxylation is 1. The van der Waals surface area contributed by atoms with Crippen molar-refractivity contribution in [2.45, 2.75) is 25.9 Å². The zero-order valence-electron chi connectivity index (χ0n) is 12.5. The standard InChI is InChI=1S/C15H17ClN4O3/c16-12-6-11(7-13-15(12)23-5-1-4-22-13)8-18-14(21)2-3-20-10-17-9-19-20/h6-7,9-10H,1-5,8H2,(H,18,21). The Morgan fingerprint density at radius 3 is 3.04 bits per heavy atom. The Hall–Kier alpha value is -2.28. The summed E-state index contributed by atoms with van der Waals surface area (Å²) in [5.41, 5.74) is 0.869. The highest BCUT2D eigenvalue weighted by atomic mass is 35.5. The maximum atomic E-state index is 11.9. The Morgan fingerprint density at radius 2 is 2.22 bits per heavy atom. The van der Waals surface area contributed by atoms with Gasteiger partial charge < -0.3 is 14.8 Å². The highest BCUT2D eigenvalue weighted by Gasteiger charge is 2.15. The molecule has 0 aliphatic carbocycles. The molecule has 0 spiro atoms. The van der Waals surface area contributed by atoms with Gasteiger partial charge in [-0.3, -0.25) is 9.48 Å². The first-order valence-electron chi connectivity index (χ1n) is 7.39. The monoisotopic (exact) mass is 336 g/mol. The lowest BCUT2D eigenvalue weighted by atomic mass is 10.2. The second-order valence-corrected chi connectivity index (χ2v) is 5.55. The molecule has 1 aromatic carbocycles. The molecule has 1 N–H and O–H groups in total. The Kier molecular flexibility index (Phi) is 4.97. The molecule has 8 heteroatoms. The number of benzene rings is 1. The largest absolute Gasteiger partial charge is 0.489 e. The van der Waals surface area contributed by atoms with Gasteiger partial charge in [-0.15, -0.1) is 0 Å². The second-order valence-electron chi connectivity index (χ2n) is 5.14.